The summed E-state index contributed by atoms with van der Waals surface area (Å²) in [5.41, 5.74) is 1.10. The third kappa shape index (κ3) is 5.29. The van der Waals surface area contributed by atoms with Gasteiger partial charge in [0, 0.05) is 25.6 Å². The van der Waals surface area contributed by atoms with Crippen molar-refractivity contribution in [3.05, 3.63) is 35.9 Å². The molecule has 6 heteroatoms. The van der Waals surface area contributed by atoms with Gasteiger partial charge in [-0.3, -0.25) is 9.59 Å². The number of methoxy groups -OCH3 is 1. The number of hydrogen-bond donors (Lipinski definition) is 3. The standard InChI is InChI=1S/C25H38N2O4/c1-16(24(30)26-14-18-8-6-5-7-9-18)19-10-12-25(3)13-11-20(27-21(28)15-31-4)17(2)22(25)23(19)29/h5-9,16-17,19-20,22-23,29H,10-15H2,1-4H3,(H,26,30)(H,27,28)/t16-,17-,19-,20-,22+,23-,25+/m0/s1. The first-order valence-corrected chi connectivity index (χ1v) is 11.5. The van der Waals surface area contributed by atoms with E-state index in [1.54, 1.807) is 0 Å². The van der Waals surface area contributed by atoms with Crippen LogP contribution in [-0.4, -0.2) is 42.8 Å². The summed E-state index contributed by atoms with van der Waals surface area (Å²) in [5.74, 6) is -0.277. The summed E-state index contributed by atoms with van der Waals surface area (Å²) in [6.07, 6.45) is 3.17. The van der Waals surface area contributed by atoms with E-state index in [9.17, 15) is 14.7 Å². The van der Waals surface area contributed by atoms with Crippen LogP contribution in [0.1, 0.15) is 52.0 Å². The van der Waals surface area contributed by atoms with Crippen molar-refractivity contribution < 1.29 is 19.4 Å². The molecule has 172 valence electrons. The first kappa shape index (κ1) is 23.7. The molecule has 2 amide bonds. The zero-order valence-corrected chi connectivity index (χ0v) is 19.3. The molecule has 3 N–H and O–H groups in total. The molecule has 0 saturated heterocycles. The van der Waals surface area contributed by atoms with Crippen LogP contribution in [0.2, 0.25) is 0 Å². The highest BCUT2D eigenvalue weighted by molar-refractivity contribution is 5.78. The van der Waals surface area contributed by atoms with Crippen LogP contribution in [0, 0.1) is 29.1 Å². The highest BCUT2D eigenvalue weighted by atomic mass is 16.5. The topological polar surface area (TPSA) is 87.7 Å². The quantitative estimate of drug-likeness (QED) is 0.621. The second-order valence-corrected chi connectivity index (χ2v) is 9.87. The maximum absolute atomic E-state index is 12.9. The molecule has 0 spiro atoms. The molecule has 0 unspecified atom stereocenters. The van der Waals surface area contributed by atoms with Gasteiger partial charge in [0.15, 0.2) is 0 Å². The molecule has 0 aliphatic heterocycles. The van der Waals surface area contributed by atoms with E-state index in [4.69, 9.17) is 4.74 Å². The van der Waals surface area contributed by atoms with E-state index < -0.39 is 6.10 Å². The Kier molecular flexibility index (Phi) is 7.76. The number of benzene rings is 1. The van der Waals surface area contributed by atoms with Crippen LogP contribution in [0.5, 0.6) is 0 Å². The highest BCUT2D eigenvalue weighted by Gasteiger charge is 2.53. The summed E-state index contributed by atoms with van der Waals surface area (Å²) >= 11 is 0. The van der Waals surface area contributed by atoms with Gasteiger partial charge in [-0.05, 0) is 54.4 Å². The second kappa shape index (κ2) is 10.1. The van der Waals surface area contributed by atoms with Crippen LogP contribution in [-0.2, 0) is 20.9 Å². The fraction of sp³-hybridized carbons (Fsp3) is 0.680. The molecule has 2 aliphatic carbocycles. The summed E-state index contributed by atoms with van der Waals surface area (Å²) < 4.78 is 4.95. The number of fused-ring (bicyclic) bond motifs is 1. The highest BCUT2D eigenvalue weighted by Crippen LogP contribution is 2.55. The molecular weight excluding hydrogens is 392 g/mol. The summed E-state index contributed by atoms with van der Waals surface area (Å²) in [4.78, 5) is 24.9. The van der Waals surface area contributed by atoms with Crippen LogP contribution in [0.4, 0.5) is 0 Å². The maximum Gasteiger partial charge on any atom is 0.246 e. The molecule has 6 nitrogen and oxygen atoms in total. The number of ether oxygens (including phenoxy) is 1. The predicted octanol–water partition coefficient (Wildman–Crippen LogP) is 2.89. The minimum Gasteiger partial charge on any atom is -0.392 e. The Bertz CT molecular complexity index is 755. The minimum atomic E-state index is -0.562. The van der Waals surface area contributed by atoms with Crippen LogP contribution >= 0.6 is 0 Å². The number of rotatable bonds is 7. The SMILES string of the molecule is COCC(=O)N[C@H]1CC[C@@]2(C)CC[C@@H]([C@H](C)C(=O)NCc3ccccc3)[C@H](O)[C@H]2[C@H]1C. The summed E-state index contributed by atoms with van der Waals surface area (Å²) in [6, 6.07) is 9.89. The van der Waals surface area contributed by atoms with Crippen LogP contribution < -0.4 is 10.6 Å². The van der Waals surface area contributed by atoms with Gasteiger partial charge < -0.3 is 20.5 Å². The summed E-state index contributed by atoms with van der Waals surface area (Å²) in [7, 11) is 1.51. The van der Waals surface area contributed by atoms with Crippen molar-refractivity contribution in [3.8, 4) is 0 Å². The van der Waals surface area contributed by atoms with Crippen molar-refractivity contribution in [1.29, 1.82) is 0 Å². The fourth-order valence-corrected chi connectivity index (χ4v) is 6.02. The predicted molar refractivity (Wildman–Crippen MR) is 120 cm³/mol. The normalized spacial score (nSPS) is 33.8. The third-order valence-corrected chi connectivity index (χ3v) is 7.87. The Hall–Kier alpha value is -1.92. The summed E-state index contributed by atoms with van der Waals surface area (Å²) in [5, 5.41) is 17.6. The smallest absolute Gasteiger partial charge is 0.246 e. The lowest BCUT2D eigenvalue weighted by Gasteiger charge is -2.56. The number of amides is 2. The van der Waals surface area contributed by atoms with Gasteiger partial charge in [0.2, 0.25) is 11.8 Å². The number of carbonyl (C=O) groups is 2. The zero-order valence-electron chi connectivity index (χ0n) is 19.3. The third-order valence-electron chi connectivity index (χ3n) is 7.87. The van der Waals surface area contributed by atoms with Gasteiger partial charge in [0.1, 0.15) is 6.61 Å². The Morgan fingerprint density at radius 2 is 1.90 bits per heavy atom. The molecule has 7 atom stereocenters. The number of nitrogens with one attached hydrogen (secondary N) is 2. The lowest BCUT2D eigenvalue weighted by Crippen LogP contribution is -2.58. The molecule has 2 saturated carbocycles. The van der Waals surface area contributed by atoms with Crippen LogP contribution in [0.25, 0.3) is 0 Å². The van der Waals surface area contributed by atoms with Gasteiger partial charge in [-0.2, -0.15) is 0 Å². The van der Waals surface area contributed by atoms with E-state index in [-0.39, 0.29) is 53.5 Å². The van der Waals surface area contributed by atoms with Crippen molar-refractivity contribution in [1.82, 2.24) is 10.6 Å². The Labute approximate surface area is 186 Å². The Morgan fingerprint density at radius 1 is 1.23 bits per heavy atom. The van der Waals surface area contributed by atoms with Crippen molar-refractivity contribution in [3.63, 3.8) is 0 Å². The van der Waals surface area contributed by atoms with Gasteiger partial charge in [0.05, 0.1) is 6.10 Å². The molecule has 0 radical (unpaired) electrons. The van der Waals surface area contributed by atoms with E-state index >= 15 is 0 Å². The first-order valence-electron chi connectivity index (χ1n) is 11.5. The number of aliphatic hydroxyl groups is 1. The Balaban J connectivity index is 1.66. The maximum atomic E-state index is 12.9. The van der Waals surface area contributed by atoms with Crippen molar-refractivity contribution in [2.24, 2.45) is 29.1 Å². The molecule has 1 aromatic rings. The number of carbonyl (C=O) groups excluding carboxylic acids is 2. The largest absolute Gasteiger partial charge is 0.392 e. The van der Waals surface area contributed by atoms with E-state index in [2.05, 4.69) is 24.5 Å². The average Bonchev–Trinajstić information content (AvgIpc) is 2.75. The van der Waals surface area contributed by atoms with Gasteiger partial charge >= 0.3 is 0 Å². The van der Waals surface area contributed by atoms with Crippen LogP contribution in [0.3, 0.4) is 0 Å². The van der Waals surface area contributed by atoms with Crippen molar-refractivity contribution in [2.45, 2.75) is 65.1 Å². The van der Waals surface area contributed by atoms with Gasteiger partial charge in [0.25, 0.3) is 0 Å². The molecule has 0 heterocycles. The fourth-order valence-electron chi connectivity index (χ4n) is 6.02. The minimum absolute atomic E-state index is 0.00934. The van der Waals surface area contributed by atoms with Crippen molar-refractivity contribution >= 4 is 11.8 Å². The second-order valence-electron chi connectivity index (χ2n) is 9.87. The zero-order chi connectivity index (χ0) is 22.6. The molecule has 1 aromatic carbocycles. The molecule has 2 fully saturated rings. The molecule has 3 rings (SSSR count). The van der Waals surface area contributed by atoms with Gasteiger partial charge in [-0.1, -0.05) is 51.1 Å². The lowest BCUT2D eigenvalue weighted by molar-refractivity contribution is -0.144. The lowest BCUT2D eigenvalue weighted by atomic mass is 9.51. The molecular formula is C25H38N2O4. The number of aliphatic hydroxyl groups excluding tert-OH is 1. The number of hydrogen-bond acceptors (Lipinski definition) is 4. The van der Waals surface area contributed by atoms with Gasteiger partial charge in [-0.25, -0.2) is 0 Å². The Morgan fingerprint density at radius 3 is 2.58 bits per heavy atom. The molecule has 0 bridgehead atoms. The van der Waals surface area contributed by atoms with Gasteiger partial charge in [-0.15, -0.1) is 0 Å². The molecule has 2 aliphatic rings. The first-order chi connectivity index (χ1) is 14.8. The van der Waals surface area contributed by atoms with E-state index in [1.807, 2.05) is 37.3 Å². The van der Waals surface area contributed by atoms with Crippen molar-refractivity contribution in [2.75, 3.05) is 13.7 Å². The van der Waals surface area contributed by atoms with E-state index in [1.165, 1.54) is 7.11 Å². The monoisotopic (exact) mass is 430 g/mol. The summed E-state index contributed by atoms with van der Waals surface area (Å²) in [6.45, 7) is 6.88. The molecule has 0 aromatic heterocycles. The van der Waals surface area contributed by atoms with Crippen LogP contribution in [0.15, 0.2) is 30.3 Å². The molecule has 31 heavy (non-hydrogen) atoms. The van der Waals surface area contributed by atoms with E-state index in [0.717, 1.165) is 31.2 Å². The average molecular weight is 431 g/mol. The van der Waals surface area contributed by atoms with E-state index in [0.29, 0.717) is 6.54 Å².